The number of aryl methyl sites for hydroxylation is 1. The summed E-state index contributed by atoms with van der Waals surface area (Å²) in [5.41, 5.74) is 0.773. The molecular formula is C8H10O3S. The second-order valence-electron chi connectivity index (χ2n) is 2.26. The van der Waals surface area contributed by atoms with Crippen molar-refractivity contribution in [2.45, 2.75) is 11.8 Å². The van der Waals surface area contributed by atoms with Gasteiger partial charge in [-0.1, -0.05) is 17.7 Å². The minimum absolute atomic E-state index is 0.118. The maximum atomic E-state index is 11.1. The zero-order valence-electron chi connectivity index (χ0n) is 7.65. The SMILES string of the molecule is [2H]Cc1ccc(S(=O)(=O)OC)cc1. The zero-order chi connectivity index (χ0) is 9.90. The van der Waals surface area contributed by atoms with Crippen LogP contribution in [0, 0.1) is 6.90 Å². The summed E-state index contributed by atoms with van der Waals surface area (Å²) in [6.07, 6.45) is 0. The first-order valence-electron chi connectivity index (χ1n) is 3.99. The molecule has 1 aromatic carbocycles. The third-order valence-corrected chi connectivity index (χ3v) is 2.72. The van der Waals surface area contributed by atoms with E-state index < -0.39 is 10.1 Å². The molecule has 1 rings (SSSR count). The summed E-state index contributed by atoms with van der Waals surface area (Å²) in [6, 6.07) is 6.06. The van der Waals surface area contributed by atoms with E-state index >= 15 is 0 Å². The van der Waals surface area contributed by atoms with Gasteiger partial charge < -0.3 is 0 Å². The summed E-state index contributed by atoms with van der Waals surface area (Å²) in [5.74, 6) is 0. The molecule has 4 heteroatoms. The standard InChI is InChI=1S/C8H10O3S/c1-7-3-5-8(6-4-7)12(9,10)11-2/h3-6H,1-2H3/i1D. The van der Waals surface area contributed by atoms with Crippen LogP contribution in [0.25, 0.3) is 0 Å². The highest BCUT2D eigenvalue weighted by molar-refractivity contribution is 7.86. The molecule has 0 heterocycles. The summed E-state index contributed by atoms with van der Waals surface area (Å²) < 4.78 is 33.6. The highest BCUT2D eigenvalue weighted by Crippen LogP contribution is 2.11. The van der Waals surface area contributed by atoms with Crippen molar-refractivity contribution in [3.8, 4) is 0 Å². The number of rotatable bonds is 2. The molecule has 3 nitrogen and oxygen atoms in total. The van der Waals surface area contributed by atoms with Crippen molar-refractivity contribution in [1.29, 1.82) is 0 Å². The summed E-state index contributed by atoms with van der Waals surface area (Å²) >= 11 is 0. The Labute approximate surface area is 73.5 Å². The van der Waals surface area contributed by atoms with Gasteiger partial charge in [0.15, 0.2) is 0 Å². The van der Waals surface area contributed by atoms with E-state index in [1.165, 1.54) is 12.1 Å². The van der Waals surface area contributed by atoms with Crippen LogP contribution >= 0.6 is 0 Å². The Morgan fingerprint density at radius 2 is 1.92 bits per heavy atom. The molecule has 0 bridgehead atoms. The Hall–Kier alpha value is -0.870. The van der Waals surface area contributed by atoms with Gasteiger partial charge in [0, 0.05) is 1.37 Å². The van der Waals surface area contributed by atoms with Crippen LogP contribution in [0.5, 0.6) is 0 Å². The predicted octanol–water partition coefficient (Wildman–Crippen LogP) is 1.33. The molecule has 1 aromatic rings. The van der Waals surface area contributed by atoms with E-state index in [1.54, 1.807) is 12.1 Å². The van der Waals surface area contributed by atoms with Crippen LogP contribution in [0.4, 0.5) is 0 Å². The quantitative estimate of drug-likeness (QED) is 0.656. The van der Waals surface area contributed by atoms with Gasteiger partial charge in [0.05, 0.1) is 12.0 Å². The second kappa shape index (κ2) is 3.25. The lowest BCUT2D eigenvalue weighted by Crippen LogP contribution is -2.02. The molecular weight excluding hydrogens is 176 g/mol. The number of hydrogen-bond acceptors (Lipinski definition) is 3. The van der Waals surface area contributed by atoms with E-state index in [4.69, 9.17) is 1.37 Å². The fraction of sp³-hybridized carbons (Fsp3) is 0.250. The average molecular weight is 187 g/mol. The lowest BCUT2D eigenvalue weighted by atomic mass is 10.2. The first-order chi connectivity index (χ1) is 6.10. The number of hydrogen-bond donors (Lipinski definition) is 0. The smallest absolute Gasteiger partial charge is 0.270 e. The van der Waals surface area contributed by atoms with E-state index in [0.717, 1.165) is 12.7 Å². The molecule has 66 valence electrons. The summed E-state index contributed by atoms with van der Waals surface area (Å²) in [7, 11) is -2.47. The highest BCUT2D eigenvalue weighted by atomic mass is 32.2. The molecule has 0 amide bonds. The van der Waals surface area contributed by atoms with Gasteiger partial charge in [-0.3, -0.25) is 4.18 Å². The fourth-order valence-corrected chi connectivity index (χ4v) is 1.41. The van der Waals surface area contributed by atoms with Gasteiger partial charge in [-0.2, -0.15) is 8.42 Å². The van der Waals surface area contributed by atoms with E-state index in [-0.39, 0.29) is 11.8 Å². The Morgan fingerprint density at radius 1 is 1.33 bits per heavy atom. The Bertz CT molecular complexity index is 369. The lowest BCUT2D eigenvalue weighted by Gasteiger charge is -2.00. The number of benzene rings is 1. The topological polar surface area (TPSA) is 43.4 Å². The molecule has 0 N–H and O–H groups in total. The molecule has 0 aliphatic carbocycles. The predicted molar refractivity (Wildman–Crippen MR) is 45.4 cm³/mol. The fourth-order valence-electron chi connectivity index (χ4n) is 0.752. The second-order valence-corrected chi connectivity index (χ2v) is 3.98. The molecule has 12 heavy (non-hydrogen) atoms. The highest BCUT2D eigenvalue weighted by Gasteiger charge is 2.10. The molecule has 0 atom stereocenters. The molecule has 0 saturated carbocycles. The van der Waals surface area contributed by atoms with Gasteiger partial charge in [0.25, 0.3) is 10.1 Å². The molecule has 0 aliphatic heterocycles. The molecule has 0 radical (unpaired) electrons. The van der Waals surface area contributed by atoms with E-state index in [2.05, 4.69) is 4.18 Å². The lowest BCUT2D eigenvalue weighted by molar-refractivity contribution is 0.398. The van der Waals surface area contributed by atoms with Crippen molar-refractivity contribution in [1.82, 2.24) is 0 Å². The van der Waals surface area contributed by atoms with Gasteiger partial charge in [0.1, 0.15) is 0 Å². The summed E-state index contributed by atoms with van der Waals surface area (Å²) in [5, 5.41) is 0. The first-order valence-corrected chi connectivity index (χ1v) is 4.70. The van der Waals surface area contributed by atoms with Crippen molar-refractivity contribution in [3.05, 3.63) is 29.8 Å². The molecule has 0 unspecified atom stereocenters. The van der Waals surface area contributed by atoms with E-state index in [0.29, 0.717) is 0 Å². The van der Waals surface area contributed by atoms with Gasteiger partial charge in [-0.25, -0.2) is 0 Å². The van der Waals surface area contributed by atoms with Crippen molar-refractivity contribution >= 4 is 10.1 Å². The Morgan fingerprint density at radius 3 is 2.33 bits per heavy atom. The van der Waals surface area contributed by atoms with Crippen LogP contribution in [-0.2, 0) is 14.3 Å². The van der Waals surface area contributed by atoms with Crippen LogP contribution in [0.2, 0.25) is 0 Å². The van der Waals surface area contributed by atoms with Gasteiger partial charge in [-0.05, 0) is 19.0 Å². The van der Waals surface area contributed by atoms with Crippen molar-refractivity contribution < 1.29 is 14.0 Å². The van der Waals surface area contributed by atoms with Crippen LogP contribution < -0.4 is 0 Å². The Kier molecular flexibility index (Phi) is 2.10. The molecule has 0 aliphatic rings. The summed E-state index contributed by atoms with van der Waals surface area (Å²) in [4.78, 5) is 0.118. The molecule has 0 fully saturated rings. The maximum Gasteiger partial charge on any atom is 0.296 e. The van der Waals surface area contributed by atoms with Crippen LogP contribution in [0.15, 0.2) is 29.2 Å². The minimum Gasteiger partial charge on any atom is -0.270 e. The van der Waals surface area contributed by atoms with Crippen molar-refractivity contribution in [2.75, 3.05) is 7.11 Å². The normalized spacial score (nSPS) is 12.6. The first kappa shape index (κ1) is 7.76. The van der Waals surface area contributed by atoms with E-state index in [9.17, 15) is 8.42 Å². The monoisotopic (exact) mass is 187 g/mol. The van der Waals surface area contributed by atoms with Gasteiger partial charge in [-0.15, -0.1) is 0 Å². The van der Waals surface area contributed by atoms with Crippen LogP contribution in [0.3, 0.4) is 0 Å². The average Bonchev–Trinajstić information content (AvgIpc) is 2.18. The molecule has 0 spiro atoms. The zero-order valence-corrected chi connectivity index (χ0v) is 7.47. The van der Waals surface area contributed by atoms with E-state index in [1.807, 2.05) is 0 Å². The van der Waals surface area contributed by atoms with Gasteiger partial charge >= 0.3 is 0 Å². The Balaban J connectivity index is 3.06. The maximum absolute atomic E-state index is 11.1. The minimum atomic E-state index is -3.58. The summed E-state index contributed by atoms with van der Waals surface area (Å²) in [6.45, 7) is 0.146. The molecule has 0 saturated heterocycles. The van der Waals surface area contributed by atoms with Crippen LogP contribution in [-0.4, -0.2) is 15.5 Å². The van der Waals surface area contributed by atoms with Crippen molar-refractivity contribution in [3.63, 3.8) is 0 Å². The third-order valence-electron chi connectivity index (χ3n) is 1.43. The van der Waals surface area contributed by atoms with Gasteiger partial charge in [0.2, 0.25) is 0 Å². The van der Waals surface area contributed by atoms with Crippen LogP contribution in [0.1, 0.15) is 6.93 Å². The van der Waals surface area contributed by atoms with Crippen molar-refractivity contribution in [2.24, 2.45) is 0 Å². The third kappa shape index (κ3) is 1.84. The molecule has 0 aromatic heterocycles. The largest absolute Gasteiger partial charge is 0.296 e.